The summed E-state index contributed by atoms with van der Waals surface area (Å²) in [4.78, 5) is 13.7. The lowest BCUT2D eigenvalue weighted by atomic mass is 10.3. The SMILES string of the molecule is CNCc1cc(C)nc(N2CCN(C)CC2)n1. The van der Waals surface area contributed by atoms with Crippen LogP contribution in [0.5, 0.6) is 0 Å². The van der Waals surface area contributed by atoms with Crippen LogP contribution in [0.4, 0.5) is 5.95 Å². The Hall–Kier alpha value is -1.20. The Morgan fingerprint density at radius 1 is 1.24 bits per heavy atom. The Morgan fingerprint density at radius 2 is 1.94 bits per heavy atom. The minimum absolute atomic E-state index is 0.796. The molecular formula is C12H21N5. The van der Waals surface area contributed by atoms with E-state index >= 15 is 0 Å². The van der Waals surface area contributed by atoms with E-state index < -0.39 is 0 Å². The van der Waals surface area contributed by atoms with Gasteiger partial charge in [-0.15, -0.1) is 0 Å². The molecule has 0 aromatic carbocycles. The van der Waals surface area contributed by atoms with Crippen LogP contribution in [0.2, 0.25) is 0 Å². The summed E-state index contributed by atoms with van der Waals surface area (Å²) in [7, 11) is 4.09. The first-order valence-electron chi connectivity index (χ1n) is 6.11. The molecule has 0 atom stereocenters. The number of rotatable bonds is 3. The maximum absolute atomic E-state index is 4.61. The van der Waals surface area contributed by atoms with Gasteiger partial charge in [0.05, 0.1) is 5.69 Å². The zero-order valence-corrected chi connectivity index (χ0v) is 10.9. The normalized spacial score (nSPS) is 17.5. The second kappa shape index (κ2) is 5.42. The Kier molecular flexibility index (Phi) is 3.91. The van der Waals surface area contributed by atoms with Crippen LogP contribution in [0.25, 0.3) is 0 Å². The van der Waals surface area contributed by atoms with E-state index in [-0.39, 0.29) is 0 Å². The maximum atomic E-state index is 4.61. The van der Waals surface area contributed by atoms with Crippen molar-refractivity contribution in [1.29, 1.82) is 0 Å². The molecule has 0 amide bonds. The fourth-order valence-corrected chi connectivity index (χ4v) is 2.04. The Labute approximate surface area is 103 Å². The van der Waals surface area contributed by atoms with E-state index in [0.29, 0.717) is 0 Å². The molecule has 0 spiro atoms. The molecule has 0 saturated carbocycles. The van der Waals surface area contributed by atoms with Gasteiger partial charge in [-0.05, 0) is 27.1 Å². The van der Waals surface area contributed by atoms with Gasteiger partial charge in [-0.25, -0.2) is 9.97 Å². The minimum atomic E-state index is 0.796. The molecule has 1 aromatic heterocycles. The summed E-state index contributed by atoms with van der Waals surface area (Å²) in [5.74, 6) is 0.878. The fraction of sp³-hybridized carbons (Fsp3) is 0.667. The van der Waals surface area contributed by atoms with Crippen molar-refractivity contribution < 1.29 is 0 Å². The molecule has 5 nitrogen and oxygen atoms in total. The van der Waals surface area contributed by atoms with Gasteiger partial charge in [-0.1, -0.05) is 0 Å². The second-order valence-corrected chi connectivity index (χ2v) is 4.62. The minimum Gasteiger partial charge on any atom is -0.338 e. The Bertz CT molecular complexity index is 371. The van der Waals surface area contributed by atoms with E-state index in [9.17, 15) is 0 Å². The molecule has 17 heavy (non-hydrogen) atoms. The van der Waals surface area contributed by atoms with Gasteiger partial charge in [0.15, 0.2) is 0 Å². The smallest absolute Gasteiger partial charge is 0.225 e. The van der Waals surface area contributed by atoms with Crippen molar-refractivity contribution in [3.8, 4) is 0 Å². The molecule has 0 radical (unpaired) electrons. The van der Waals surface area contributed by atoms with Gasteiger partial charge in [-0.2, -0.15) is 0 Å². The van der Waals surface area contributed by atoms with Crippen molar-refractivity contribution in [3.63, 3.8) is 0 Å². The highest BCUT2D eigenvalue weighted by Crippen LogP contribution is 2.12. The first-order chi connectivity index (χ1) is 8.19. The van der Waals surface area contributed by atoms with Crippen molar-refractivity contribution in [3.05, 3.63) is 17.5 Å². The van der Waals surface area contributed by atoms with Gasteiger partial charge in [0.25, 0.3) is 0 Å². The number of hydrogen-bond donors (Lipinski definition) is 1. The number of anilines is 1. The standard InChI is InChI=1S/C12H21N5/c1-10-8-11(9-13-2)15-12(14-10)17-6-4-16(3)5-7-17/h8,13H,4-7,9H2,1-3H3. The first-order valence-corrected chi connectivity index (χ1v) is 6.11. The molecule has 2 heterocycles. The lowest BCUT2D eigenvalue weighted by molar-refractivity contribution is 0.311. The molecule has 5 heteroatoms. The highest BCUT2D eigenvalue weighted by Gasteiger charge is 2.16. The van der Waals surface area contributed by atoms with Crippen LogP contribution in [-0.2, 0) is 6.54 Å². The highest BCUT2D eigenvalue weighted by atomic mass is 15.3. The number of aromatic nitrogens is 2. The summed E-state index contributed by atoms with van der Waals surface area (Å²) < 4.78 is 0. The molecule has 0 unspecified atom stereocenters. The lowest BCUT2D eigenvalue weighted by Crippen LogP contribution is -2.45. The van der Waals surface area contributed by atoms with Crippen LogP contribution >= 0.6 is 0 Å². The average molecular weight is 235 g/mol. The van der Waals surface area contributed by atoms with Gasteiger partial charge in [0.2, 0.25) is 5.95 Å². The monoisotopic (exact) mass is 235 g/mol. The number of nitrogens with one attached hydrogen (secondary N) is 1. The lowest BCUT2D eigenvalue weighted by Gasteiger charge is -2.32. The zero-order chi connectivity index (χ0) is 12.3. The van der Waals surface area contributed by atoms with Gasteiger partial charge in [0, 0.05) is 38.4 Å². The molecule has 1 fully saturated rings. The van der Waals surface area contributed by atoms with Gasteiger partial charge >= 0.3 is 0 Å². The number of likely N-dealkylation sites (N-methyl/N-ethyl adjacent to an activating group) is 1. The van der Waals surface area contributed by atoms with Crippen molar-refractivity contribution in [2.24, 2.45) is 0 Å². The summed E-state index contributed by atoms with van der Waals surface area (Å²) in [6, 6.07) is 2.04. The van der Waals surface area contributed by atoms with Crippen LogP contribution in [0.1, 0.15) is 11.4 Å². The predicted octanol–water partition coefficient (Wildman–Crippen LogP) is 0.256. The van der Waals surface area contributed by atoms with Crippen molar-refractivity contribution >= 4 is 5.95 Å². The van der Waals surface area contributed by atoms with E-state index in [2.05, 4.69) is 32.1 Å². The van der Waals surface area contributed by atoms with Crippen molar-refractivity contribution in [1.82, 2.24) is 20.2 Å². The van der Waals surface area contributed by atoms with Gasteiger partial charge < -0.3 is 15.1 Å². The highest BCUT2D eigenvalue weighted by molar-refractivity contribution is 5.33. The molecule has 1 aromatic rings. The number of hydrogen-bond acceptors (Lipinski definition) is 5. The van der Waals surface area contributed by atoms with Gasteiger partial charge in [0.1, 0.15) is 0 Å². The topological polar surface area (TPSA) is 44.3 Å². The third-order valence-electron chi connectivity index (χ3n) is 3.04. The molecule has 94 valence electrons. The summed E-state index contributed by atoms with van der Waals surface area (Å²) in [6.07, 6.45) is 0. The first kappa shape index (κ1) is 12.3. The summed E-state index contributed by atoms with van der Waals surface area (Å²) in [6.45, 7) is 7.01. The molecule has 1 aliphatic heterocycles. The van der Waals surface area contributed by atoms with E-state index in [1.807, 2.05) is 20.0 Å². The van der Waals surface area contributed by atoms with E-state index in [1.165, 1.54) is 0 Å². The van der Waals surface area contributed by atoms with Crippen molar-refractivity contribution in [2.45, 2.75) is 13.5 Å². The Balaban J connectivity index is 2.14. The van der Waals surface area contributed by atoms with E-state index in [4.69, 9.17) is 0 Å². The van der Waals surface area contributed by atoms with Gasteiger partial charge in [-0.3, -0.25) is 0 Å². The number of nitrogens with zero attached hydrogens (tertiary/aromatic N) is 4. The van der Waals surface area contributed by atoms with Crippen LogP contribution in [0, 0.1) is 6.92 Å². The summed E-state index contributed by atoms with van der Waals surface area (Å²) >= 11 is 0. The molecule has 1 saturated heterocycles. The second-order valence-electron chi connectivity index (χ2n) is 4.62. The molecular weight excluding hydrogens is 214 g/mol. The summed E-state index contributed by atoms with van der Waals surface area (Å²) in [5, 5.41) is 3.13. The number of piperazine rings is 1. The van der Waals surface area contributed by atoms with Crippen LogP contribution in [0.15, 0.2) is 6.07 Å². The van der Waals surface area contributed by atoms with Crippen LogP contribution in [-0.4, -0.2) is 55.1 Å². The average Bonchev–Trinajstić information content (AvgIpc) is 2.29. The molecule has 1 N–H and O–H groups in total. The predicted molar refractivity (Wildman–Crippen MR) is 69.2 cm³/mol. The van der Waals surface area contributed by atoms with E-state index in [1.54, 1.807) is 0 Å². The fourth-order valence-electron chi connectivity index (χ4n) is 2.04. The molecule has 0 bridgehead atoms. The zero-order valence-electron chi connectivity index (χ0n) is 10.9. The third-order valence-corrected chi connectivity index (χ3v) is 3.04. The summed E-state index contributed by atoms with van der Waals surface area (Å²) in [5.41, 5.74) is 2.10. The largest absolute Gasteiger partial charge is 0.338 e. The quantitative estimate of drug-likeness (QED) is 0.814. The van der Waals surface area contributed by atoms with E-state index in [0.717, 1.165) is 50.1 Å². The number of aryl methyl sites for hydroxylation is 1. The molecule has 1 aliphatic rings. The Morgan fingerprint density at radius 3 is 2.59 bits per heavy atom. The maximum Gasteiger partial charge on any atom is 0.225 e. The van der Waals surface area contributed by atoms with Crippen LogP contribution in [0.3, 0.4) is 0 Å². The molecule has 0 aliphatic carbocycles. The van der Waals surface area contributed by atoms with Crippen molar-refractivity contribution in [2.75, 3.05) is 45.2 Å². The third kappa shape index (κ3) is 3.14. The van der Waals surface area contributed by atoms with Crippen LogP contribution < -0.4 is 10.2 Å². The molecule has 2 rings (SSSR count).